The van der Waals surface area contributed by atoms with E-state index in [0.717, 1.165) is 44.2 Å². The van der Waals surface area contributed by atoms with Crippen molar-refractivity contribution in [3.05, 3.63) is 141 Å². The molecule has 1 aliphatic heterocycles. The third-order valence-corrected chi connectivity index (χ3v) is 9.65. The van der Waals surface area contributed by atoms with Crippen LogP contribution in [0.1, 0.15) is 61.9 Å². The first-order valence-electron chi connectivity index (χ1n) is 21.3. The fourth-order valence-corrected chi connectivity index (χ4v) is 5.90. The van der Waals surface area contributed by atoms with Gasteiger partial charge in [-0.05, 0) is 65.1 Å². The van der Waals surface area contributed by atoms with E-state index >= 15 is 0 Å². The SMILES string of the molecule is C.CC(=O)OOC(C)=O.CN1c2nc(Cl)ncc2OCC1c1ccc(F)cc1F.CNc1nc(Cl)ncc1O.CNc1nc(Cl)ncc1OCC(=O)c1ccc(F)cc1F.O=C(CBr)c1ccc(F)cc1F.O=CO[O-].[B-]OC(C)=O.[Cs+].[Cs+].[H-].[Na+]. The standard InChI is InChI=1S/C13H10ClF2N3O2.C13H10ClF2N3O.C8H5BrF2O.C5H6ClN3O.C4H6O4.C2H3BO2.CH2O3.CH4.2Cs.Na.H/c1-17-12-11(5-18-13(14)19-12)21-6-10(20)8-3-2-7(15)4-9(8)16;1-19-10(8-3-2-7(15)4-9(8)16)6-20-11-5-17-13(14)18-12(11)19;9-4-8(12)6-2-1-5(10)3-7(6)11;1-7-4-3(10)2-8-5(6)9-4;1-3(5)7-8-4(2)6;1-2(4)5-3;2-1-4-3;;;;;/h2-5H,6H2,1H3,(H,17,18,19);2-5,10H,6H2,1H3;1-3H,4H2;2,10H,1H3,(H,7,8,9);1-2H3;1H3;1,3H;1H4;;;;/q;;;;;-1;;;3*+1;-1/p-1. The maximum Gasteiger partial charge on any atom is 1.00 e. The van der Waals surface area contributed by atoms with Crippen LogP contribution in [0.4, 0.5) is 43.8 Å². The van der Waals surface area contributed by atoms with E-state index in [9.17, 15) is 50.3 Å². The Morgan fingerprint density at radius 3 is 1.61 bits per heavy atom. The molecule has 23 nitrogen and oxygen atoms in total. The Morgan fingerprint density at radius 2 is 1.19 bits per heavy atom. The molecule has 0 fully saturated rings. The third-order valence-electron chi connectivity index (χ3n) is 8.59. The molecule has 84 heavy (non-hydrogen) atoms. The summed E-state index contributed by atoms with van der Waals surface area (Å²) in [5.41, 5.74) is -0.000140. The second-order valence-corrected chi connectivity index (χ2v) is 15.7. The molecule has 1 aliphatic rings. The summed E-state index contributed by atoms with van der Waals surface area (Å²) in [6.07, 6.45) is 4.00. The molecule has 0 saturated carbocycles. The van der Waals surface area contributed by atoms with Gasteiger partial charge in [0.15, 0.2) is 47.1 Å². The minimum atomic E-state index is -0.940. The van der Waals surface area contributed by atoms with Gasteiger partial charge < -0.3 is 54.4 Å². The zero-order valence-corrected chi connectivity index (χ0v) is 63.4. The van der Waals surface area contributed by atoms with E-state index in [1.165, 1.54) is 37.6 Å². The quantitative estimate of drug-likeness (QED) is 0.0216. The van der Waals surface area contributed by atoms with Gasteiger partial charge in [0.25, 0.3) is 6.47 Å². The van der Waals surface area contributed by atoms with Gasteiger partial charge >= 0.3 is 179 Å². The van der Waals surface area contributed by atoms with Crippen molar-refractivity contribution in [1.82, 2.24) is 29.9 Å². The summed E-state index contributed by atoms with van der Waals surface area (Å²) >= 11 is 19.7. The van der Waals surface area contributed by atoms with Gasteiger partial charge in [0.1, 0.15) is 41.5 Å². The van der Waals surface area contributed by atoms with Crippen molar-refractivity contribution in [3.63, 3.8) is 0 Å². The summed E-state index contributed by atoms with van der Waals surface area (Å²) < 4.78 is 92.6. The molecule has 0 amide bonds. The summed E-state index contributed by atoms with van der Waals surface area (Å²) in [6, 6.07) is 8.65. The molecule has 1 unspecified atom stereocenters. The number of benzene rings is 3. The monoisotopic (exact) mass is 1560 g/mol. The maximum atomic E-state index is 13.9. The molecule has 0 bridgehead atoms. The average Bonchev–Trinajstić information content (AvgIpc) is 3.21. The number of halogens is 10. The van der Waals surface area contributed by atoms with Crippen LogP contribution in [0.15, 0.2) is 73.2 Å². The number of Topliss-reactive ketones (excluding diaryl/α,β-unsaturated/α-hetero) is 2. The first kappa shape index (κ1) is 87.4. The van der Waals surface area contributed by atoms with Crippen LogP contribution in [0.25, 0.3) is 0 Å². The van der Waals surface area contributed by atoms with Gasteiger partial charge in [-0.3, -0.25) is 19.2 Å². The zero-order valence-electron chi connectivity index (χ0n) is 45.9. The Hall–Kier alpha value is -3.02. The predicted molar refractivity (Wildman–Crippen MR) is 282 cm³/mol. The minimum Gasteiger partial charge on any atom is -1.00 e. The van der Waals surface area contributed by atoms with Crippen molar-refractivity contribution in [1.29, 1.82) is 0 Å². The van der Waals surface area contributed by atoms with Gasteiger partial charge in [-0.25, -0.2) is 60.7 Å². The fraction of sp³-hybridized carbons (Fsp3) is 0.234. The molecule has 3 radical (unpaired) electrons. The molecular weight excluding hydrogens is 1510 g/mol. The largest absolute Gasteiger partial charge is 1.00 e. The third kappa shape index (κ3) is 33.9. The number of rotatable bonds is 10. The van der Waals surface area contributed by atoms with Crippen LogP contribution in [0.2, 0.25) is 15.9 Å². The van der Waals surface area contributed by atoms with E-state index in [0.29, 0.717) is 40.9 Å². The maximum absolute atomic E-state index is 13.9. The Kier molecular flexibility index (Phi) is 49.9. The number of aromatic hydroxyl groups is 1. The molecule has 3 aromatic carbocycles. The molecule has 0 saturated heterocycles. The number of hydrogen-bond acceptors (Lipinski definition) is 23. The number of ether oxygens (including phenoxy) is 2. The number of alkyl halides is 1. The second kappa shape index (κ2) is 48.0. The van der Waals surface area contributed by atoms with Crippen molar-refractivity contribution >= 4 is 112 Å². The number of anilines is 3. The number of likely N-dealkylation sites (N-methyl/N-ethyl adjacent to an activating group) is 1. The predicted octanol–water partition coefficient (Wildman–Crippen LogP) is -1.03. The van der Waals surface area contributed by atoms with E-state index in [1.54, 1.807) is 26.0 Å². The minimum absolute atomic E-state index is 0. The summed E-state index contributed by atoms with van der Waals surface area (Å²) in [7, 11) is 9.30. The second-order valence-electron chi connectivity index (χ2n) is 14.1. The van der Waals surface area contributed by atoms with Crippen LogP contribution in [0.5, 0.6) is 17.2 Å². The molecular formula is C47H46BBrCl3Cs2F6N9NaO14. The van der Waals surface area contributed by atoms with Crippen LogP contribution in [0, 0.1) is 34.9 Å². The number of nitrogens with one attached hydrogen (secondary N) is 2. The topological polar surface area (TPSA) is 306 Å². The van der Waals surface area contributed by atoms with Gasteiger partial charge in [-0.2, -0.15) is 15.0 Å². The van der Waals surface area contributed by atoms with Crippen molar-refractivity contribution in [2.24, 2.45) is 0 Å². The van der Waals surface area contributed by atoms with Gasteiger partial charge in [0, 0.05) is 65.7 Å². The van der Waals surface area contributed by atoms with Gasteiger partial charge in [0.2, 0.25) is 27.6 Å². The van der Waals surface area contributed by atoms with Crippen LogP contribution in [-0.4, -0.2) is 119 Å². The van der Waals surface area contributed by atoms with Gasteiger partial charge in [-0.15, -0.1) is 0 Å². The molecule has 4 heterocycles. The Morgan fingerprint density at radius 1 is 0.762 bits per heavy atom. The number of carbonyl (C=O) groups is 6. The number of carbonyl (C=O) groups excluding carboxylic acids is 6. The smallest absolute Gasteiger partial charge is 1.00 e. The first-order chi connectivity index (χ1) is 37.8. The molecule has 0 spiro atoms. The average molecular weight is 1560 g/mol. The molecule has 0 aliphatic carbocycles. The summed E-state index contributed by atoms with van der Waals surface area (Å²) in [6.45, 7) is 3.12. The van der Waals surface area contributed by atoms with Crippen LogP contribution in [-0.2, 0) is 38.5 Å². The van der Waals surface area contributed by atoms with E-state index in [1.807, 2.05) is 0 Å². The number of hydrogen-bond donors (Lipinski definition) is 3. The van der Waals surface area contributed by atoms with E-state index in [4.69, 9.17) is 59.4 Å². The van der Waals surface area contributed by atoms with E-state index < -0.39 is 77.0 Å². The molecule has 6 aromatic rings. The molecule has 439 valence electrons. The molecule has 7 rings (SSSR count). The number of ketones is 2. The molecule has 3 N–H and O–H groups in total. The van der Waals surface area contributed by atoms with Crippen molar-refractivity contribution < 1.29 is 263 Å². The summed E-state index contributed by atoms with van der Waals surface area (Å²) in [5.74, 6) is -5.43. The van der Waals surface area contributed by atoms with Gasteiger partial charge in [-0.1, -0.05) is 29.4 Å². The van der Waals surface area contributed by atoms with Gasteiger partial charge in [0.05, 0.1) is 41.1 Å². The van der Waals surface area contributed by atoms with Crippen LogP contribution < -0.4 is 198 Å². The van der Waals surface area contributed by atoms with Crippen molar-refractivity contribution in [2.75, 3.05) is 55.2 Å². The Labute approximate surface area is 642 Å². The number of nitrogens with zero attached hydrogens (tertiary/aromatic N) is 7. The van der Waals surface area contributed by atoms with E-state index in [-0.39, 0.29) is 233 Å². The Bertz CT molecular complexity index is 3070. The van der Waals surface area contributed by atoms with Crippen molar-refractivity contribution in [2.45, 2.75) is 34.2 Å². The van der Waals surface area contributed by atoms with Crippen LogP contribution >= 0.6 is 50.7 Å². The zero-order chi connectivity index (χ0) is 60.6. The normalized spacial score (nSPS) is 10.7. The number of fused-ring (bicyclic) bond motifs is 1. The van der Waals surface area contributed by atoms with E-state index in [2.05, 4.69) is 83.8 Å². The van der Waals surface area contributed by atoms with Crippen molar-refractivity contribution in [3.8, 4) is 17.2 Å². The number of aromatic nitrogens is 6. The molecule has 37 heteroatoms. The fourth-order valence-electron chi connectivity index (χ4n) is 5.21. The summed E-state index contributed by atoms with van der Waals surface area (Å²) in [4.78, 5) is 95.3. The van der Waals surface area contributed by atoms with Crippen LogP contribution in [0.3, 0.4) is 0 Å². The molecule has 1 atom stereocenters. The Balaban J connectivity index is -0.000000309. The first-order valence-corrected chi connectivity index (χ1v) is 23.6. The summed E-state index contributed by atoms with van der Waals surface area (Å²) in [5, 5.41) is 23.0. The molecule has 3 aromatic heterocycles.